The van der Waals surface area contributed by atoms with E-state index in [2.05, 4.69) is 4.74 Å². The maximum Gasteiger partial charge on any atom is 0.331 e. The fourth-order valence-corrected chi connectivity index (χ4v) is 4.43. The van der Waals surface area contributed by atoms with Gasteiger partial charge in [0.1, 0.15) is 0 Å². The molecule has 2 aromatic carbocycles. The Bertz CT molecular complexity index is 1110. The number of allylic oxidation sites excluding steroid dienone is 1. The number of carbonyl (C=O) groups is 3. The second-order valence-corrected chi connectivity index (χ2v) is 9.62. The Morgan fingerprint density at radius 1 is 0.946 bits per heavy atom. The Balaban J connectivity index is 1.79. The molecule has 0 radical (unpaired) electrons. The van der Waals surface area contributed by atoms with E-state index in [1.54, 1.807) is 12.2 Å². The number of hydrogen-bond acceptors (Lipinski definition) is 5. The predicted molar refractivity (Wildman–Crippen MR) is 146 cm³/mol. The van der Waals surface area contributed by atoms with Gasteiger partial charge in [0.15, 0.2) is 0 Å². The summed E-state index contributed by atoms with van der Waals surface area (Å²) in [6, 6.07) is 15.7. The Morgan fingerprint density at radius 2 is 1.68 bits per heavy atom. The van der Waals surface area contributed by atoms with E-state index in [-0.39, 0.29) is 29.9 Å². The summed E-state index contributed by atoms with van der Waals surface area (Å²) in [7, 11) is 1.35. The third-order valence-corrected chi connectivity index (χ3v) is 6.34. The fourth-order valence-electron chi connectivity index (χ4n) is 4.43. The summed E-state index contributed by atoms with van der Waals surface area (Å²) in [4.78, 5) is 38.7. The highest BCUT2D eigenvalue weighted by Crippen LogP contribution is 2.29. The van der Waals surface area contributed by atoms with Crippen LogP contribution in [0.25, 0.3) is 6.08 Å². The minimum absolute atomic E-state index is 0.0332. The molecule has 196 valence electrons. The van der Waals surface area contributed by atoms with Crippen LogP contribution in [0.2, 0.25) is 0 Å². The van der Waals surface area contributed by atoms with Gasteiger partial charge < -0.3 is 14.4 Å². The molecule has 1 fully saturated rings. The minimum Gasteiger partial charge on any atom is -0.466 e. The van der Waals surface area contributed by atoms with Crippen molar-refractivity contribution >= 4 is 29.6 Å². The van der Waals surface area contributed by atoms with Gasteiger partial charge in [-0.15, -0.1) is 0 Å². The molecule has 0 atom stereocenters. The Morgan fingerprint density at radius 3 is 2.35 bits per heavy atom. The lowest BCUT2D eigenvalue weighted by Gasteiger charge is -2.30. The van der Waals surface area contributed by atoms with Crippen molar-refractivity contribution in [3.05, 3.63) is 83.4 Å². The molecular formula is C31H37NO5. The maximum atomic E-state index is 13.7. The van der Waals surface area contributed by atoms with Crippen LogP contribution in [0.15, 0.2) is 66.8 Å². The van der Waals surface area contributed by atoms with Crippen molar-refractivity contribution in [1.29, 1.82) is 0 Å². The molecule has 0 saturated heterocycles. The van der Waals surface area contributed by atoms with Gasteiger partial charge in [0.05, 0.1) is 19.8 Å². The molecule has 0 aliphatic heterocycles. The van der Waals surface area contributed by atoms with Crippen LogP contribution in [0.3, 0.4) is 0 Å². The molecule has 37 heavy (non-hydrogen) atoms. The molecule has 0 bridgehead atoms. The summed E-state index contributed by atoms with van der Waals surface area (Å²) in [6.45, 7) is 4.08. The molecule has 0 unspecified atom stereocenters. The number of anilines is 1. The first kappa shape index (κ1) is 27.9. The van der Waals surface area contributed by atoms with Gasteiger partial charge in [-0.3, -0.25) is 4.79 Å². The summed E-state index contributed by atoms with van der Waals surface area (Å²) in [5, 5.41) is 0. The van der Waals surface area contributed by atoms with Crippen LogP contribution in [-0.4, -0.2) is 31.1 Å². The molecule has 1 saturated carbocycles. The van der Waals surface area contributed by atoms with Crippen molar-refractivity contribution < 1.29 is 23.9 Å². The summed E-state index contributed by atoms with van der Waals surface area (Å²) in [6.07, 6.45) is 11.9. The van der Waals surface area contributed by atoms with Gasteiger partial charge in [-0.25, -0.2) is 9.59 Å². The first-order chi connectivity index (χ1) is 17.9. The lowest BCUT2D eigenvalue weighted by Crippen LogP contribution is -2.36. The third kappa shape index (κ3) is 9.05. The monoisotopic (exact) mass is 503 g/mol. The maximum absolute atomic E-state index is 13.7. The molecule has 1 aliphatic carbocycles. The summed E-state index contributed by atoms with van der Waals surface area (Å²) in [5.41, 5.74) is 3.74. The minimum atomic E-state index is -0.389. The zero-order valence-electron chi connectivity index (χ0n) is 22.0. The number of rotatable bonds is 10. The standard InChI is InChI=1S/C31H37NO5/c1-23(2)37-30(34)20-19-24-15-17-26(18-16-24)22-32(31(35)27-11-5-4-6-12-27)28-13-7-9-25(21-28)10-8-14-29(33)36-3/h7-9,13-21,23,27H,4-6,10-12,22H2,1-3H3/b14-8?,20-19+. The zero-order valence-corrected chi connectivity index (χ0v) is 22.0. The lowest BCUT2D eigenvalue weighted by molar-refractivity contribution is -0.141. The second-order valence-electron chi connectivity index (χ2n) is 9.62. The summed E-state index contributed by atoms with van der Waals surface area (Å²) >= 11 is 0. The number of hydrogen-bond donors (Lipinski definition) is 0. The average molecular weight is 504 g/mol. The van der Waals surface area contributed by atoms with Crippen LogP contribution in [-0.2, 0) is 36.8 Å². The first-order valence-electron chi connectivity index (χ1n) is 13.0. The normalized spacial score (nSPS) is 14.3. The quantitative estimate of drug-likeness (QED) is 0.292. The molecule has 3 rings (SSSR count). The van der Waals surface area contributed by atoms with Gasteiger partial charge in [0.25, 0.3) is 0 Å². The van der Waals surface area contributed by atoms with Crippen molar-refractivity contribution in [3.63, 3.8) is 0 Å². The third-order valence-electron chi connectivity index (χ3n) is 6.34. The van der Waals surface area contributed by atoms with Gasteiger partial charge >= 0.3 is 11.9 Å². The summed E-state index contributed by atoms with van der Waals surface area (Å²) < 4.78 is 9.80. The van der Waals surface area contributed by atoms with Gasteiger partial charge in [-0.2, -0.15) is 0 Å². The number of methoxy groups -OCH3 is 1. The van der Waals surface area contributed by atoms with Crippen molar-refractivity contribution in [1.82, 2.24) is 0 Å². The van der Waals surface area contributed by atoms with E-state index in [1.165, 1.54) is 25.7 Å². The Hall–Kier alpha value is -3.67. The Kier molecular flexibility index (Phi) is 10.7. The van der Waals surface area contributed by atoms with Crippen LogP contribution in [0, 0.1) is 5.92 Å². The van der Waals surface area contributed by atoms with Crippen LogP contribution >= 0.6 is 0 Å². The largest absolute Gasteiger partial charge is 0.466 e. The topological polar surface area (TPSA) is 72.9 Å². The molecule has 0 N–H and O–H groups in total. The molecule has 6 nitrogen and oxygen atoms in total. The number of ether oxygens (including phenoxy) is 2. The number of esters is 2. The average Bonchev–Trinajstić information content (AvgIpc) is 2.91. The molecule has 0 spiro atoms. The van der Waals surface area contributed by atoms with Gasteiger partial charge in [0, 0.05) is 23.8 Å². The molecule has 0 aromatic heterocycles. The van der Waals surface area contributed by atoms with Crippen molar-refractivity contribution in [2.45, 2.75) is 65.0 Å². The van der Waals surface area contributed by atoms with Crippen LogP contribution in [0.1, 0.15) is 62.6 Å². The van der Waals surface area contributed by atoms with E-state index >= 15 is 0 Å². The number of carbonyl (C=O) groups excluding carboxylic acids is 3. The zero-order chi connectivity index (χ0) is 26.6. The Labute approximate surface area is 220 Å². The highest BCUT2D eigenvalue weighted by Gasteiger charge is 2.27. The smallest absolute Gasteiger partial charge is 0.331 e. The van der Waals surface area contributed by atoms with Gasteiger partial charge in [-0.1, -0.05) is 61.7 Å². The number of nitrogens with zero attached hydrogens (tertiary/aromatic N) is 1. The van der Waals surface area contributed by atoms with Crippen molar-refractivity contribution in [2.75, 3.05) is 12.0 Å². The van der Waals surface area contributed by atoms with E-state index < -0.39 is 0 Å². The molecule has 1 aliphatic rings. The summed E-state index contributed by atoms with van der Waals surface area (Å²) in [5.74, 6) is -0.571. The van der Waals surface area contributed by atoms with Gasteiger partial charge in [-0.05, 0) is 68.0 Å². The SMILES string of the molecule is COC(=O)C=CCc1cccc(N(Cc2ccc(/C=C/C(=O)OC(C)C)cc2)C(=O)C2CCCCC2)c1. The molecule has 0 heterocycles. The molecular weight excluding hydrogens is 466 g/mol. The molecule has 1 amide bonds. The van der Waals surface area contributed by atoms with E-state index in [9.17, 15) is 14.4 Å². The predicted octanol–water partition coefficient (Wildman–Crippen LogP) is 6.04. The van der Waals surface area contributed by atoms with E-state index in [0.717, 1.165) is 48.1 Å². The second kappa shape index (κ2) is 14.2. The van der Waals surface area contributed by atoms with Crippen LogP contribution in [0.5, 0.6) is 0 Å². The highest BCUT2D eigenvalue weighted by atomic mass is 16.5. The number of benzene rings is 2. The van der Waals surface area contributed by atoms with E-state index in [0.29, 0.717) is 13.0 Å². The fraction of sp³-hybridized carbons (Fsp3) is 0.387. The molecule has 6 heteroatoms. The number of amides is 1. The first-order valence-corrected chi connectivity index (χ1v) is 13.0. The lowest BCUT2D eigenvalue weighted by atomic mass is 9.88. The highest BCUT2D eigenvalue weighted by molar-refractivity contribution is 5.95. The van der Waals surface area contributed by atoms with Crippen molar-refractivity contribution in [2.24, 2.45) is 5.92 Å². The van der Waals surface area contributed by atoms with Crippen molar-refractivity contribution in [3.8, 4) is 0 Å². The van der Waals surface area contributed by atoms with E-state index in [1.807, 2.05) is 67.3 Å². The van der Waals surface area contributed by atoms with Crippen LogP contribution < -0.4 is 4.90 Å². The molecule has 2 aromatic rings. The van der Waals surface area contributed by atoms with E-state index in [4.69, 9.17) is 4.74 Å². The van der Waals surface area contributed by atoms with Crippen LogP contribution in [0.4, 0.5) is 5.69 Å². The van der Waals surface area contributed by atoms with Gasteiger partial charge in [0.2, 0.25) is 5.91 Å².